The highest BCUT2D eigenvalue weighted by molar-refractivity contribution is 6.13. The van der Waals surface area contributed by atoms with Crippen molar-refractivity contribution >= 4 is 17.8 Å². The summed E-state index contributed by atoms with van der Waals surface area (Å²) in [5, 5.41) is 29.8. The highest BCUT2D eigenvalue weighted by atomic mass is 16.4. The molecule has 0 unspecified atom stereocenters. The molecule has 0 aliphatic carbocycles. The number of carboxylic acid groups (broad SMARTS) is 1. The van der Waals surface area contributed by atoms with Crippen LogP contribution in [-0.2, 0) is 11.3 Å². The molecule has 0 atom stereocenters. The van der Waals surface area contributed by atoms with Gasteiger partial charge >= 0.3 is 5.97 Å². The minimum Gasteiger partial charge on any atom is -0.503 e. The monoisotopic (exact) mass is 391 g/mol. The molecular weight excluding hydrogens is 370 g/mol. The van der Waals surface area contributed by atoms with E-state index in [0.717, 1.165) is 5.56 Å². The summed E-state index contributed by atoms with van der Waals surface area (Å²) in [5.41, 5.74) is 1.80. The number of aliphatic carboxylic acids is 1. The number of nitrogens with zero attached hydrogens (tertiary/aromatic N) is 1. The lowest BCUT2D eigenvalue weighted by atomic mass is 10.0. The van der Waals surface area contributed by atoms with Gasteiger partial charge in [-0.05, 0) is 23.6 Å². The molecule has 6 heteroatoms. The first-order valence-electron chi connectivity index (χ1n) is 9.18. The lowest BCUT2D eigenvalue weighted by molar-refractivity contribution is -0.137. The lowest BCUT2D eigenvalue weighted by Crippen LogP contribution is -2.05. The zero-order chi connectivity index (χ0) is 20.8. The van der Waals surface area contributed by atoms with Crippen LogP contribution in [-0.4, -0.2) is 31.6 Å². The van der Waals surface area contributed by atoms with Crippen LogP contribution in [0.25, 0.3) is 17.3 Å². The van der Waals surface area contributed by atoms with Crippen LogP contribution in [0.15, 0.2) is 66.7 Å². The molecule has 1 heterocycles. The van der Waals surface area contributed by atoms with Crippen LogP contribution in [0, 0.1) is 0 Å². The second-order valence-electron chi connectivity index (χ2n) is 6.52. The molecule has 29 heavy (non-hydrogen) atoms. The molecule has 148 valence electrons. The van der Waals surface area contributed by atoms with Gasteiger partial charge in [0.05, 0.1) is 11.3 Å². The molecule has 0 aliphatic heterocycles. The van der Waals surface area contributed by atoms with Gasteiger partial charge in [0, 0.05) is 13.0 Å². The van der Waals surface area contributed by atoms with Gasteiger partial charge in [-0.15, -0.1) is 0 Å². The van der Waals surface area contributed by atoms with E-state index >= 15 is 0 Å². The van der Waals surface area contributed by atoms with Crippen molar-refractivity contribution in [1.29, 1.82) is 0 Å². The fourth-order valence-electron chi connectivity index (χ4n) is 3.15. The number of allylic oxidation sites excluding steroid dienone is 1. The molecule has 6 nitrogen and oxygen atoms in total. The summed E-state index contributed by atoms with van der Waals surface area (Å²) < 4.78 is 1.39. The first-order chi connectivity index (χ1) is 14.0. The van der Waals surface area contributed by atoms with Crippen molar-refractivity contribution < 1.29 is 24.9 Å². The molecule has 0 spiro atoms. The predicted octanol–water partition coefficient (Wildman–Crippen LogP) is 4.33. The fraction of sp³-hybridized carbons (Fsp3) is 0.130. The maximum absolute atomic E-state index is 12.9. The van der Waals surface area contributed by atoms with E-state index in [1.807, 2.05) is 36.4 Å². The fourth-order valence-corrected chi connectivity index (χ4v) is 3.15. The largest absolute Gasteiger partial charge is 0.503 e. The summed E-state index contributed by atoms with van der Waals surface area (Å²) in [4.78, 5) is 23.8. The molecule has 0 bridgehead atoms. The first-order valence-corrected chi connectivity index (χ1v) is 9.18. The van der Waals surface area contributed by atoms with Gasteiger partial charge in [0.25, 0.3) is 0 Å². The number of ketones is 1. The number of aromatic nitrogens is 1. The van der Waals surface area contributed by atoms with Crippen molar-refractivity contribution in [1.82, 2.24) is 4.57 Å². The topological polar surface area (TPSA) is 99.8 Å². The molecule has 0 radical (unpaired) electrons. The molecule has 3 aromatic rings. The molecule has 3 N–H and O–H groups in total. The van der Waals surface area contributed by atoms with Gasteiger partial charge in [0.2, 0.25) is 5.88 Å². The smallest absolute Gasteiger partial charge is 0.303 e. The van der Waals surface area contributed by atoms with E-state index < -0.39 is 23.4 Å². The maximum Gasteiger partial charge on any atom is 0.303 e. The second-order valence-corrected chi connectivity index (χ2v) is 6.52. The first kappa shape index (κ1) is 19.9. The van der Waals surface area contributed by atoms with Crippen LogP contribution in [0.4, 0.5) is 0 Å². The Morgan fingerprint density at radius 2 is 1.55 bits per heavy atom. The Kier molecular flexibility index (Phi) is 6.14. The normalized spacial score (nSPS) is 11.0. The Morgan fingerprint density at radius 1 is 0.931 bits per heavy atom. The number of carbonyl (C=O) groups excluding carboxylic acids is 1. The lowest BCUT2D eigenvalue weighted by Gasteiger charge is -2.11. The van der Waals surface area contributed by atoms with Gasteiger partial charge in [-0.3, -0.25) is 9.59 Å². The van der Waals surface area contributed by atoms with Crippen LogP contribution in [0.3, 0.4) is 0 Å². The van der Waals surface area contributed by atoms with Crippen molar-refractivity contribution in [3.63, 3.8) is 0 Å². The molecule has 0 fully saturated rings. The number of carbonyl (C=O) groups is 2. The van der Waals surface area contributed by atoms with Gasteiger partial charge in [-0.1, -0.05) is 66.7 Å². The van der Waals surface area contributed by atoms with Gasteiger partial charge in [0.1, 0.15) is 0 Å². The van der Waals surface area contributed by atoms with E-state index in [9.17, 15) is 19.8 Å². The number of hydrogen-bond donors (Lipinski definition) is 3. The van der Waals surface area contributed by atoms with Gasteiger partial charge < -0.3 is 19.9 Å². The van der Waals surface area contributed by atoms with Crippen molar-refractivity contribution in [2.45, 2.75) is 19.4 Å². The average molecular weight is 391 g/mol. The zero-order valence-corrected chi connectivity index (χ0v) is 15.7. The Bertz CT molecular complexity index is 1040. The summed E-state index contributed by atoms with van der Waals surface area (Å²) in [6, 6.07) is 18.2. The maximum atomic E-state index is 12.9. The van der Waals surface area contributed by atoms with E-state index in [4.69, 9.17) is 5.11 Å². The third-order valence-electron chi connectivity index (χ3n) is 4.50. The van der Waals surface area contributed by atoms with Crippen LogP contribution in [0.5, 0.6) is 11.6 Å². The summed E-state index contributed by atoms with van der Waals surface area (Å²) in [7, 11) is 0. The minimum atomic E-state index is -0.954. The predicted molar refractivity (Wildman–Crippen MR) is 110 cm³/mol. The zero-order valence-electron chi connectivity index (χ0n) is 15.7. The number of hydrogen-bond acceptors (Lipinski definition) is 4. The molecule has 0 saturated heterocycles. The summed E-state index contributed by atoms with van der Waals surface area (Å²) in [6.45, 7) is 0.144. The second kappa shape index (κ2) is 8.93. The van der Waals surface area contributed by atoms with Gasteiger partial charge in [-0.25, -0.2) is 0 Å². The van der Waals surface area contributed by atoms with Crippen molar-refractivity contribution in [2.24, 2.45) is 0 Å². The van der Waals surface area contributed by atoms with E-state index in [2.05, 4.69) is 0 Å². The molecule has 0 aliphatic rings. The van der Waals surface area contributed by atoms with E-state index in [-0.39, 0.29) is 24.9 Å². The van der Waals surface area contributed by atoms with E-state index in [0.29, 0.717) is 11.3 Å². The van der Waals surface area contributed by atoms with E-state index in [1.165, 1.54) is 10.6 Å². The van der Waals surface area contributed by atoms with Crippen LogP contribution >= 0.6 is 0 Å². The Labute approximate surface area is 168 Å². The van der Waals surface area contributed by atoms with E-state index in [1.54, 1.807) is 30.3 Å². The van der Waals surface area contributed by atoms with Gasteiger partial charge in [0.15, 0.2) is 11.5 Å². The van der Waals surface area contributed by atoms with Crippen LogP contribution < -0.4 is 0 Å². The molecule has 3 rings (SSSR count). The molecule has 0 saturated carbocycles. The Hall–Kier alpha value is -3.80. The summed E-state index contributed by atoms with van der Waals surface area (Å²) in [5.74, 6) is -2.38. The van der Waals surface area contributed by atoms with Crippen molar-refractivity contribution in [3.8, 4) is 22.9 Å². The average Bonchev–Trinajstić information content (AvgIpc) is 2.98. The number of rotatable bonds is 8. The summed E-state index contributed by atoms with van der Waals surface area (Å²) >= 11 is 0. The molecule has 0 amide bonds. The standard InChI is InChI=1S/C23H21NO5/c25-18(14-13-16-8-3-1-4-9-16)20-21(17-10-5-2-6-11-17)24(23(29)22(20)28)15-7-12-19(26)27/h1-6,8-11,13-14,28-29H,7,12,15H2,(H,26,27). The van der Waals surface area contributed by atoms with Crippen molar-refractivity contribution in [2.75, 3.05) is 0 Å². The highest BCUT2D eigenvalue weighted by Crippen LogP contribution is 2.41. The Balaban J connectivity index is 2.04. The van der Waals surface area contributed by atoms with Gasteiger partial charge in [-0.2, -0.15) is 0 Å². The van der Waals surface area contributed by atoms with Crippen molar-refractivity contribution in [3.05, 3.63) is 77.9 Å². The highest BCUT2D eigenvalue weighted by Gasteiger charge is 2.27. The number of carboxylic acids is 1. The molecular formula is C23H21NO5. The van der Waals surface area contributed by atoms with Crippen LogP contribution in [0.1, 0.15) is 28.8 Å². The SMILES string of the molecule is O=C(O)CCCn1c(O)c(O)c(C(=O)C=Cc2ccccc2)c1-c1ccccc1. The third kappa shape index (κ3) is 4.55. The molecule has 1 aromatic heterocycles. The number of aromatic hydroxyl groups is 2. The minimum absolute atomic E-state index is 0.0174. The third-order valence-corrected chi connectivity index (χ3v) is 4.50. The molecule has 2 aromatic carbocycles. The summed E-state index contributed by atoms with van der Waals surface area (Å²) in [6.07, 6.45) is 3.13. The number of benzene rings is 2. The quantitative estimate of drug-likeness (QED) is 0.392. The van der Waals surface area contributed by atoms with Crippen LogP contribution in [0.2, 0.25) is 0 Å². The Morgan fingerprint density at radius 3 is 2.17 bits per heavy atom.